The molecule has 124 valence electrons. The summed E-state index contributed by atoms with van der Waals surface area (Å²) < 4.78 is 20.0. The number of nitrogen functional groups attached to an aromatic ring is 1. The molecule has 0 bridgehead atoms. The molecule has 2 aromatic rings. The second-order valence-electron chi connectivity index (χ2n) is 4.76. The molecule has 0 fully saturated rings. The lowest BCUT2D eigenvalue weighted by molar-refractivity contribution is -0.199. The lowest BCUT2D eigenvalue weighted by atomic mass is 9.99. The Hall–Kier alpha value is -2.32. The number of aliphatic hydroxyl groups is 3. The van der Waals surface area contributed by atoms with Gasteiger partial charge in [0, 0.05) is 0 Å². The molecule has 23 heavy (non-hydrogen) atoms. The van der Waals surface area contributed by atoms with Gasteiger partial charge in [0.2, 0.25) is 0 Å². The molecule has 0 aliphatic carbocycles. The molecule has 3 atom stereocenters. The van der Waals surface area contributed by atoms with Crippen LogP contribution in [0, 0.1) is 12.3 Å². The van der Waals surface area contributed by atoms with Crippen molar-refractivity contribution < 1.29 is 24.4 Å². The molecule has 0 aromatic carbocycles. The molecule has 0 saturated carbocycles. The van der Waals surface area contributed by atoms with Crippen LogP contribution in [-0.2, 0) is 4.74 Å². The fraction of sp³-hybridized carbons (Fsp3) is 0.462. The van der Waals surface area contributed by atoms with Crippen LogP contribution in [0.5, 0.6) is 0 Å². The quantitative estimate of drug-likeness (QED) is 0.456. The van der Waals surface area contributed by atoms with Crippen LogP contribution >= 0.6 is 0 Å². The third-order valence-corrected chi connectivity index (χ3v) is 3.37. The lowest BCUT2D eigenvalue weighted by Gasteiger charge is -2.34. The first-order valence-corrected chi connectivity index (χ1v) is 6.55. The number of terminal acetylenes is 1. The van der Waals surface area contributed by atoms with Crippen molar-refractivity contribution in [3.63, 3.8) is 0 Å². The third kappa shape index (κ3) is 2.95. The molecule has 0 unspecified atom stereocenters. The Bertz CT molecular complexity index is 712. The van der Waals surface area contributed by atoms with E-state index in [1.54, 1.807) is 0 Å². The molecule has 0 aliphatic rings. The minimum atomic E-state index is -2.09. The maximum Gasteiger partial charge on any atom is 0.167 e. The zero-order valence-electron chi connectivity index (χ0n) is 12.0. The maximum absolute atomic E-state index is 13.4. The van der Waals surface area contributed by atoms with Gasteiger partial charge >= 0.3 is 0 Å². The molecule has 0 spiro atoms. The smallest absolute Gasteiger partial charge is 0.167 e. The first-order chi connectivity index (χ1) is 11.0. The van der Waals surface area contributed by atoms with Gasteiger partial charge in [-0.15, -0.1) is 6.42 Å². The average Bonchev–Trinajstić information content (AvgIpc) is 3.01. The third-order valence-electron chi connectivity index (χ3n) is 3.37. The molecule has 2 aromatic heterocycles. The van der Waals surface area contributed by atoms with E-state index in [0.29, 0.717) is 0 Å². The fourth-order valence-corrected chi connectivity index (χ4v) is 2.02. The van der Waals surface area contributed by atoms with Gasteiger partial charge in [-0.2, -0.15) is 0 Å². The molecular formula is C13H16FN5O4. The number of imidazole rings is 1. The highest BCUT2D eigenvalue weighted by molar-refractivity contribution is 5.81. The van der Waals surface area contributed by atoms with Crippen LogP contribution in [-0.4, -0.2) is 66.4 Å². The van der Waals surface area contributed by atoms with Crippen LogP contribution in [0.1, 0.15) is 6.23 Å². The molecule has 0 amide bonds. The van der Waals surface area contributed by atoms with Gasteiger partial charge in [-0.3, -0.25) is 4.57 Å². The highest BCUT2D eigenvalue weighted by Gasteiger charge is 2.41. The van der Waals surface area contributed by atoms with Crippen molar-refractivity contribution in [1.82, 2.24) is 19.5 Å². The van der Waals surface area contributed by atoms with Gasteiger partial charge in [0.25, 0.3) is 0 Å². The maximum atomic E-state index is 13.4. The number of ether oxygens (including phenoxy) is 1. The highest BCUT2D eigenvalue weighted by atomic mass is 19.1. The van der Waals surface area contributed by atoms with Crippen molar-refractivity contribution in [1.29, 1.82) is 0 Å². The molecule has 5 N–H and O–H groups in total. The summed E-state index contributed by atoms with van der Waals surface area (Å²) >= 11 is 0. The van der Waals surface area contributed by atoms with Crippen LogP contribution in [0.25, 0.3) is 11.2 Å². The van der Waals surface area contributed by atoms with Crippen molar-refractivity contribution in [2.24, 2.45) is 0 Å². The van der Waals surface area contributed by atoms with Crippen LogP contribution in [0.15, 0.2) is 12.7 Å². The van der Waals surface area contributed by atoms with E-state index in [4.69, 9.17) is 16.9 Å². The Morgan fingerprint density at radius 3 is 2.74 bits per heavy atom. The van der Waals surface area contributed by atoms with Crippen LogP contribution in [0.2, 0.25) is 0 Å². The van der Waals surface area contributed by atoms with Gasteiger partial charge in [0.15, 0.2) is 23.3 Å². The van der Waals surface area contributed by atoms with Crippen molar-refractivity contribution in [2.45, 2.75) is 17.9 Å². The fourth-order valence-electron chi connectivity index (χ4n) is 2.02. The van der Waals surface area contributed by atoms with Crippen molar-refractivity contribution in [3.05, 3.63) is 12.7 Å². The largest absolute Gasteiger partial charge is 0.393 e. The molecule has 2 heterocycles. The summed E-state index contributed by atoms with van der Waals surface area (Å²) in [5.41, 5.74) is 4.08. The van der Waals surface area contributed by atoms with Crippen molar-refractivity contribution in [3.8, 4) is 12.3 Å². The molecule has 2 rings (SSSR count). The summed E-state index contributed by atoms with van der Waals surface area (Å²) in [6.45, 7) is -2.78. The average molecular weight is 325 g/mol. The number of hydrogen-bond donors (Lipinski definition) is 4. The number of aromatic nitrogens is 4. The Labute approximate surface area is 130 Å². The van der Waals surface area contributed by atoms with E-state index in [1.165, 1.54) is 17.2 Å². The summed E-state index contributed by atoms with van der Waals surface area (Å²) in [5, 5.41) is 28.7. The summed E-state index contributed by atoms with van der Waals surface area (Å²) in [5.74, 6) is 2.03. The number of nitrogens with zero attached hydrogens (tertiary/aromatic N) is 4. The Balaban J connectivity index is 2.42. The number of alkyl halides is 1. The predicted molar refractivity (Wildman–Crippen MR) is 77.6 cm³/mol. The van der Waals surface area contributed by atoms with E-state index >= 15 is 0 Å². The van der Waals surface area contributed by atoms with Gasteiger partial charge in [-0.1, -0.05) is 5.92 Å². The number of anilines is 1. The first-order valence-electron chi connectivity index (χ1n) is 6.55. The summed E-state index contributed by atoms with van der Waals surface area (Å²) in [7, 11) is 0. The lowest BCUT2D eigenvalue weighted by Crippen LogP contribution is -2.51. The van der Waals surface area contributed by atoms with Crippen LogP contribution in [0.4, 0.5) is 10.2 Å². The molecule has 9 nitrogen and oxygen atoms in total. The zero-order chi connectivity index (χ0) is 17.0. The number of rotatable bonds is 7. The Morgan fingerprint density at radius 1 is 1.43 bits per heavy atom. The first kappa shape index (κ1) is 17.0. The normalized spacial score (nSPS) is 16.7. The minimum absolute atomic E-state index is 0.119. The number of nitrogens with two attached hydrogens (primary N) is 1. The van der Waals surface area contributed by atoms with Gasteiger partial charge in [-0.05, 0) is 0 Å². The second-order valence-corrected chi connectivity index (χ2v) is 4.76. The predicted octanol–water partition coefficient (Wildman–Crippen LogP) is -1.39. The van der Waals surface area contributed by atoms with Gasteiger partial charge < -0.3 is 25.8 Å². The molecular weight excluding hydrogens is 309 g/mol. The van der Waals surface area contributed by atoms with Crippen molar-refractivity contribution in [2.75, 3.05) is 25.6 Å². The number of aliphatic hydroxyl groups excluding tert-OH is 3. The molecule has 10 heteroatoms. The highest BCUT2D eigenvalue weighted by Crippen LogP contribution is 2.26. The number of halogens is 1. The minimum Gasteiger partial charge on any atom is -0.393 e. The van der Waals surface area contributed by atoms with Crippen molar-refractivity contribution >= 4 is 17.0 Å². The standard InChI is InChI=1S/C13H16FN5O4/c1-2-8(22)13(4-14,5-21)23-9(3-20)19-7-18-10-11(15)16-6-17-12(10)19/h1,6-9,20-22H,3-5H2,(H2,15,16,17)/t8-,9+,13+/m0/s1. The summed E-state index contributed by atoms with van der Waals surface area (Å²) in [6, 6.07) is 0. The van der Waals surface area contributed by atoms with E-state index in [9.17, 15) is 19.7 Å². The van der Waals surface area contributed by atoms with E-state index < -0.39 is 37.8 Å². The van der Waals surface area contributed by atoms with Gasteiger partial charge in [-0.25, -0.2) is 19.3 Å². The topological polar surface area (TPSA) is 140 Å². The zero-order valence-corrected chi connectivity index (χ0v) is 12.0. The second kappa shape index (κ2) is 6.84. The Morgan fingerprint density at radius 2 is 2.17 bits per heavy atom. The van der Waals surface area contributed by atoms with E-state index in [2.05, 4.69) is 15.0 Å². The monoisotopic (exact) mass is 325 g/mol. The SMILES string of the molecule is C#C[C@H](O)[C@](CO)(CF)O[C@H](CO)n1cnc2c(N)ncnc21. The number of fused-ring (bicyclic) bond motifs is 1. The van der Waals surface area contributed by atoms with Gasteiger partial charge in [0.05, 0.1) is 19.5 Å². The summed E-state index contributed by atoms with van der Waals surface area (Å²) in [4.78, 5) is 11.7. The van der Waals surface area contributed by atoms with Crippen LogP contribution < -0.4 is 5.73 Å². The molecule has 0 saturated heterocycles. The van der Waals surface area contributed by atoms with E-state index in [0.717, 1.165) is 0 Å². The van der Waals surface area contributed by atoms with Gasteiger partial charge in [0.1, 0.15) is 24.6 Å². The van der Waals surface area contributed by atoms with E-state index in [-0.39, 0.29) is 17.0 Å². The van der Waals surface area contributed by atoms with E-state index in [1.807, 2.05) is 5.92 Å². The van der Waals surface area contributed by atoms with Crippen LogP contribution in [0.3, 0.4) is 0 Å². The number of hydrogen-bond acceptors (Lipinski definition) is 8. The molecule has 0 radical (unpaired) electrons. The summed E-state index contributed by atoms with van der Waals surface area (Å²) in [6.07, 6.45) is 4.60. The Kier molecular flexibility index (Phi) is 5.07. The molecule has 0 aliphatic heterocycles.